The number of benzene rings is 1. The molecule has 0 amide bonds. The fourth-order valence-electron chi connectivity index (χ4n) is 2.97. The van der Waals surface area contributed by atoms with Crippen LogP contribution in [0.4, 0.5) is 22.0 Å². The second-order valence-electron chi connectivity index (χ2n) is 6.58. The quantitative estimate of drug-likeness (QED) is 0.549. The number of aliphatic imine (C=N–C) groups is 1. The maximum Gasteiger partial charge on any atom is 0.425 e. The molecule has 2 atom stereocenters. The van der Waals surface area contributed by atoms with Crippen LogP contribution >= 0.6 is 11.6 Å². The molecule has 2 heterocycles. The van der Waals surface area contributed by atoms with E-state index in [0.29, 0.717) is 0 Å². The minimum atomic E-state index is -4.85. The van der Waals surface area contributed by atoms with E-state index in [0.717, 1.165) is 12.1 Å². The summed E-state index contributed by atoms with van der Waals surface area (Å²) < 4.78 is 72.5. The average molecular weight is 455 g/mol. The Morgan fingerprint density at radius 1 is 1.26 bits per heavy atom. The maximum absolute atomic E-state index is 14.5. The molecule has 0 bridgehead atoms. The van der Waals surface area contributed by atoms with Crippen molar-refractivity contribution in [1.29, 1.82) is 5.26 Å². The molecular formula is C20H12ClF5N4O. The molecule has 1 aliphatic heterocycles. The molecule has 1 aromatic heterocycles. The van der Waals surface area contributed by atoms with Crippen molar-refractivity contribution >= 4 is 17.6 Å². The third-order valence-corrected chi connectivity index (χ3v) is 4.75. The van der Waals surface area contributed by atoms with Crippen LogP contribution in [-0.4, -0.2) is 30.0 Å². The SMILES string of the molecule is N#Cc1cnc(C#Cc2ccc(F)c([C@]3(CF)C[C@@H](C(F)(F)F)OC(N)=N3)c2)c(Cl)c1. The molecule has 0 unspecified atom stereocenters. The van der Waals surface area contributed by atoms with Gasteiger partial charge < -0.3 is 10.5 Å². The number of aromatic nitrogens is 1. The van der Waals surface area contributed by atoms with Gasteiger partial charge in [-0.05, 0) is 30.2 Å². The van der Waals surface area contributed by atoms with E-state index < -0.39 is 48.3 Å². The van der Waals surface area contributed by atoms with Gasteiger partial charge >= 0.3 is 6.18 Å². The van der Waals surface area contributed by atoms with Crippen LogP contribution in [0.5, 0.6) is 0 Å². The molecule has 2 N–H and O–H groups in total. The average Bonchev–Trinajstić information content (AvgIpc) is 2.72. The Balaban J connectivity index is 2.03. The number of halogens is 6. The van der Waals surface area contributed by atoms with E-state index in [1.54, 1.807) is 0 Å². The summed E-state index contributed by atoms with van der Waals surface area (Å²) in [5.74, 6) is 4.28. The normalized spacial score (nSPS) is 20.7. The van der Waals surface area contributed by atoms with Gasteiger partial charge in [0, 0.05) is 23.7 Å². The lowest BCUT2D eigenvalue weighted by molar-refractivity contribution is -0.209. The highest BCUT2D eigenvalue weighted by atomic mass is 35.5. The highest BCUT2D eigenvalue weighted by Gasteiger charge is 2.52. The van der Waals surface area contributed by atoms with E-state index in [1.807, 2.05) is 6.07 Å². The van der Waals surface area contributed by atoms with Crippen LogP contribution in [-0.2, 0) is 10.3 Å². The Morgan fingerprint density at radius 2 is 2.00 bits per heavy atom. The van der Waals surface area contributed by atoms with Crippen molar-refractivity contribution in [3.63, 3.8) is 0 Å². The highest BCUT2D eigenvalue weighted by molar-refractivity contribution is 6.31. The van der Waals surface area contributed by atoms with Gasteiger partial charge in [0.1, 0.15) is 29.8 Å². The van der Waals surface area contributed by atoms with Gasteiger partial charge in [-0.3, -0.25) is 0 Å². The number of rotatable bonds is 2. The van der Waals surface area contributed by atoms with Crippen LogP contribution in [0.3, 0.4) is 0 Å². The Bertz CT molecular complexity index is 1150. The second-order valence-corrected chi connectivity index (χ2v) is 6.99. The van der Waals surface area contributed by atoms with Crippen molar-refractivity contribution in [3.8, 4) is 17.9 Å². The van der Waals surface area contributed by atoms with Crippen molar-refractivity contribution in [2.45, 2.75) is 24.2 Å². The lowest BCUT2D eigenvalue weighted by Gasteiger charge is -2.36. The molecule has 0 radical (unpaired) electrons. The number of pyridine rings is 1. The zero-order chi connectivity index (χ0) is 22.8. The molecule has 160 valence electrons. The van der Waals surface area contributed by atoms with E-state index in [-0.39, 0.29) is 21.8 Å². The number of nitriles is 1. The Hall–Kier alpha value is -3.37. The van der Waals surface area contributed by atoms with E-state index in [1.165, 1.54) is 18.3 Å². The first-order valence-electron chi connectivity index (χ1n) is 8.60. The van der Waals surface area contributed by atoms with Gasteiger partial charge in [0.25, 0.3) is 6.02 Å². The predicted octanol–water partition coefficient (Wildman–Crippen LogP) is 3.98. The van der Waals surface area contributed by atoms with Crippen molar-refractivity contribution in [3.05, 3.63) is 63.7 Å². The summed E-state index contributed by atoms with van der Waals surface area (Å²) in [5.41, 5.74) is 3.16. The number of ether oxygens (including phenoxy) is 1. The lowest BCUT2D eigenvalue weighted by atomic mass is 9.84. The minimum Gasteiger partial charge on any atom is -0.452 e. The van der Waals surface area contributed by atoms with Crippen molar-refractivity contribution in [2.75, 3.05) is 6.67 Å². The molecule has 0 saturated carbocycles. The number of nitrogens with two attached hydrogens (primary N) is 1. The Labute approximate surface area is 178 Å². The Morgan fingerprint density at radius 3 is 2.61 bits per heavy atom. The van der Waals surface area contributed by atoms with Gasteiger partial charge in [-0.15, -0.1) is 0 Å². The van der Waals surface area contributed by atoms with Crippen LogP contribution in [0.25, 0.3) is 0 Å². The predicted molar refractivity (Wildman–Crippen MR) is 101 cm³/mol. The third-order valence-electron chi connectivity index (χ3n) is 4.46. The largest absolute Gasteiger partial charge is 0.452 e. The first kappa shape index (κ1) is 22.3. The van der Waals surface area contributed by atoms with Crippen LogP contribution in [0.15, 0.2) is 35.5 Å². The first-order valence-corrected chi connectivity index (χ1v) is 8.98. The van der Waals surface area contributed by atoms with Crippen molar-refractivity contribution in [1.82, 2.24) is 4.98 Å². The van der Waals surface area contributed by atoms with E-state index >= 15 is 0 Å². The summed E-state index contributed by atoms with van der Waals surface area (Å²) in [4.78, 5) is 7.59. The summed E-state index contributed by atoms with van der Waals surface area (Å²) in [5, 5.41) is 8.93. The molecule has 1 aliphatic rings. The summed E-state index contributed by atoms with van der Waals surface area (Å²) in [6.45, 7) is -1.44. The fraction of sp³-hybridized carbons (Fsp3) is 0.250. The lowest BCUT2D eigenvalue weighted by Crippen LogP contribution is -2.48. The summed E-state index contributed by atoms with van der Waals surface area (Å²) in [6.07, 6.45) is -7.05. The summed E-state index contributed by atoms with van der Waals surface area (Å²) >= 11 is 5.99. The first-order chi connectivity index (χ1) is 14.6. The van der Waals surface area contributed by atoms with Crippen molar-refractivity contribution < 1.29 is 26.7 Å². The zero-order valence-electron chi connectivity index (χ0n) is 15.5. The number of alkyl halides is 4. The maximum atomic E-state index is 14.5. The topological polar surface area (TPSA) is 84.3 Å². The van der Waals surface area contributed by atoms with Gasteiger partial charge in [-0.25, -0.2) is 18.8 Å². The minimum absolute atomic E-state index is 0.101. The van der Waals surface area contributed by atoms with Gasteiger partial charge in [-0.2, -0.15) is 18.4 Å². The number of hydrogen-bond donors (Lipinski definition) is 1. The van der Waals surface area contributed by atoms with E-state index in [4.69, 9.17) is 22.6 Å². The van der Waals surface area contributed by atoms with Crippen LogP contribution in [0.2, 0.25) is 5.02 Å². The molecule has 1 aromatic carbocycles. The number of amidine groups is 1. The van der Waals surface area contributed by atoms with Gasteiger partial charge in [0.15, 0.2) is 6.10 Å². The molecule has 0 aliphatic carbocycles. The number of hydrogen-bond acceptors (Lipinski definition) is 5. The Kier molecular flexibility index (Phi) is 6.05. The molecule has 5 nitrogen and oxygen atoms in total. The molecule has 2 aromatic rings. The molecule has 0 fully saturated rings. The molecular weight excluding hydrogens is 443 g/mol. The number of nitrogens with zero attached hydrogens (tertiary/aromatic N) is 3. The smallest absolute Gasteiger partial charge is 0.425 e. The molecule has 0 saturated heterocycles. The second kappa shape index (κ2) is 8.40. The van der Waals surface area contributed by atoms with Crippen LogP contribution < -0.4 is 5.73 Å². The standard InChI is InChI=1S/C20H12ClF5N4O/c21-14-6-12(8-27)9-29-16(14)4-2-11-1-3-15(23)13(5-11)19(10-22)7-17(20(24,25)26)31-18(28)30-19/h1,3,5-6,9,17H,7,10H2,(H2,28,30)/t17-,19+/m0/s1. The molecule has 31 heavy (non-hydrogen) atoms. The monoisotopic (exact) mass is 454 g/mol. The third kappa shape index (κ3) is 4.70. The van der Waals surface area contributed by atoms with Crippen LogP contribution in [0, 0.1) is 29.0 Å². The zero-order valence-corrected chi connectivity index (χ0v) is 16.2. The van der Waals surface area contributed by atoms with E-state index in [9.17, 15) is 22.0 Å². The summed E-state index contributed by atoms with van der Waals surface area (Å²) in [7, 11) is 0. The fourth-order valence-corrected chi connectivity index (χ4v) is 3.18. The molecule has 3 rings (SSSR count). The van der Waals surface area contributed by atoms with Gasteiger partial charge in [0.05, 0.1) is 10.6 Å². The highest BCUT2D eigenvalue weighted by Crippen LogP contribution is 2.41. The van der Waals surface area contributed by atoms with Crippen LogP contribution in [0.1, 0.15) is 28.8 Å². The molecule has 0 spiro atoms. The van der Waals surface area contributed by atoms with Gasteiger partial charge in [-0.1, -0.05) is 17.5 Å². The molecule has 11 heteroatoms. The van der Waals surface area contributed by atoms with Gasteiger partial charge in [0.2, 0.25) is 0 Å². The van der Waals surface area contributed by atoms with Crippen molar-refractivity contribution in [2.24, 2.45) is 10.7 Å². The summed E-state index contributed by atoms with van der Waals surface area (Å²) in [6, 6.07) is 5.60. The van der Waals surface area contributed by atoms with E-state index in [2.05, 4.69) is 26.6 Å².